The van der Waals surface area contributed by atoms with Gasteiger partial charge in [-0.15, -0.1) is 0 Å². The van der Waals surface area contributed by atoms with Crippen LogP contribution in [0.1, 0.15) is 17.0 Å². The Kier molecular flexibility index (Phi) is 5.02. The molecule has 0 radical (unpaired) electrons. The van der Waals surface area contributed by atoms with Crippen LogP contribution in [0, 0.1) is 19.7 Å². The molecular formula is C20H19FN2O3. The summed E-state index contributed by atoms with van der Waals surface area (Å²) >= 11 is 0. The first-order valence-corrected chi connectivity index (χ1v) is 8.13. The molecule has 6 heteroatoms. The standard InChI is InChI=1S/C20H19FN2O3/c1-12-7-8-18(25-3)17(9-12)22-19(24)11-16-13(2)26-20(23-16)14-5-4-6-15(21)10-14/h4-10H,11H2,1-3H3,(H,22,24). The highest BCUT2D eigenvalue weighted by atomic mass is 19.1. The van der Waals surface area contributed by atoms with E-state index in [-0.39, 0.29) is 24.0 Å². The quantitative estimate of drug-likeness (QED) is 0.742. The molecule has 2 aromatic carbocycles. The summed E-state index contributed by atoms with van der Waals surface area (Å²) in [4.78, 5) is 16.7. The van der Waals surface area contributed by atoms with E-state index in [9.17, 15) is 9.18 Å². The van der Waals surface area contributed by atoms with Crippen molar-refractivity contribution in [2.45, 2.75) is 20.3 Å². The van der Waals surface area contributed by atoms with Gasteiger partial charge in [0, 0.05) is 5.56 Å². The van der Waals surface area contributed by atoms with Crippen molar-refractivity contribution in [2.75, 3.05) is 12.4 Å². The van der Waals surface area contributed by atoms with Crippen molar-refractivity contribution in [3.8, 4) is 17.2 Å². The van der Waals surface area contributed by atoms with Crippen LogP contribution in [0.25, 0.3) is 11.5 Å². The Morgan fingerprint density at radius 3 is 2.77 bits per heavy atom. The Bertz CT molecular complexity index is 950. The number of anilines is 1. The SMILES string of the molecule is COc1ccc(C)cc1NC(=O)Cc1nc(-c2cccc(F)c2)oc1C. The first-order valence-electron chi connectivity index (χ1n) is 8.13. The van der Waals surface area contributed by atoms with Gasteiger partial charge in [-0.05, 0) is 49.7 Å². The number of aromatic nitrogens is 1. The maximum absolute atomic E-state index is 13.4. The summed E-state index contributed by atoms with van der Waals surface area (Å²) in [7, 11) is 1.55. The zero-order valence-corrected chi connectivity index (χ0v) is 14.8. The molecule has 0 unspecified atom stereocenters. The molecule has 1 amide bonds. The van der Waals surface area contributed by atoms with Crippen LogP contribution >= 0.6 is 0 Å². The summed E-state index contributed by atoms with van der Waals surface area (Å²) in [6.45, 7) is 3.66. The highest BCUT2D eigenvalue weighted by molar-refractivity contribution is 5.93. The lowest BCUT2D eigenvalue weighted by Crippen LogP contribution is -2.15. The number of nitrogens with one attached hydrogen (secondary N) is 1. The van der Waals surface area contributed by atoms with Gasteiger partial charge in [-0.3, -0.25) is 4.79 Å². The molecule has 3 aromatic rings. The van der Waals surface area contributed by atoms with Crippen molar-refractivity contribution < 1.29 is 18.3 Å². The molecule has 0 aliphatic heterocycles. The molecule has 0 aliphatic rings. The average Bonchev–Trinajstić information content (AvgIpc) is 2.96. The van der Waals surface area contributed by atoms with Gasteiger partial charge in [0.25, 0.3) is 0 Å². The van der Waals surface area contributed by atoms with Crippen molar-refractivity contribution >= 4 is 11.6 Å². The van der Waals surface area contributed by atoms with E-state index in [0.29, 0.717) is 28.5 Å². The number of carbonyl (C=O) groups is 1. The summed E-state index contributed by atoms with van der Waals surface area (Å²) in [5, 5.41) is 2.83. The first-order chi connectivity index (χ1) is 12.5. The van der Waals surface area contributed by atoms with Crippen molar-refractivity contribution in [3.63, 3.8) is 0 Å². The van der Waals surface area contributed by atoms with Crippen LogP contribution in [0.4, 0.5) is 10.1 Å². The lowest BCUT2D eigenvalue weighted by atomic mass is 10.2. The number of oxazole rings is 1. The molecule has 26 heavy (non-hydrogen) atoms. The largest absolute Gasteiger partial charge is 0.495 e. The number of amides is 1. The summed E-state index contributed by atoms with van der Waals surface area (Å²) in [5.74, 6) is 0.787. The second-order valence-electron chi connectivity index (χ2n) is 5.96. The maximum atomic E-state index is 13.4. The lowest BCUT2D eigenvalue weighted by Gasteiger charge is -2.10. The molecule has 5 nitrogen and oxygen atoms in total. The van der Waals surface area contributed by atoms with Gasteiger partial charge >= 0.3 is 0 Å². The molecule has 1 N–H and O–H groups in total. The smallest absolute Gasteiger partial charge is 0.230 e. The van der Waals surface area contributed by atoms with Crippen LogP contribution < -0.4 is 10.1 Å². The number of benzene rings is 2. The molecule has 0 spiro atoms. The van der Waals surface area contributed by atoms with Crippen LogP contribution in [-0.4, -0.2) is 18.0 Å². The van der Waals surface area contributed by atoms with Crippen molar-refractivity contribution in [2.24, 2.45) is 0 Å². The van der Waals surface area contributed by atoms with Gasteiger partial charge in [0.2, 0.25) is 11.8 Å². The average molecular weight is 354 g/mol. The zero-order chi connectivity index (χ0) is 18.7. The van der Waals surface area contributed by atoms with E-state index in [1.165, 1.54) is 12.1 Å². The molecule has 1 heterocycles. The van der Waals surface area contributed by atoms with Crippen LogP contribution in [0.2, 0.25) is 0 Å². The summed E-state index contributed by atoms with van der Waals surface area (Å²) in [6, 6.07) is 11.5. The number of methoxy groups -OCH3 is 1. The number of carbonyl (C=O) groups excluding carboxylic acids is 1. The Morgan fingerprint density at radius 2 is 2.04 bits per heavy atom. The van der Waals surface area contributed by atoms with E-state index < -0.39 is 0 Å². The molecule has 134 valence electrons. The van der Waals surface area contributed by atoms with E-state index in [1.807, 2.05) is 19.1 Å². The minimum Gasteiger partial charge on any atom is -0.495 e. The van der Waals surface area contributed by atoms with Crippen LogP contribution in [0.5, 0.6) is 5.75 Å². The third kappa shape index (κ3) is 3.91. The highest BCUT2D eigenvalue weighted by Gasteiger charge is 2.16. The molecule has 0 aliphatic carbocycles. The summed E-state index contributed by atoms with van der Waals surface area (Å²) in [5.41, 5.74) is 2.64. The Balaban J connectivity index is 1.77. The Morgan fingerprint density at radius 1 is 1.23 bits per heavy atom. The predicted octanol–water partition coefficient (Wildman–Crippen LogP) is 4.29. The molecule has 3 rings (SSSR count). The van der Waals surface area contributed by atoms with Gasteiger partial charge in [-0.1, -0.05) is 12.1 Å². The number of ether oxygens (including phenoxy) is 1. The van der Waals surface area contributed by atoms with Gasteiger partial charge in [0.05, 0.1) is 24.9 Å². The fraction of sp³-hybridized carbons (Fsp3) is 0.200. The van der Waals surface area contributed by atoms with E-state index in [1.54, 1.807) is 32.2 Å². The van der Waals surface area contributed by atoms with Gasteiger partial charge < -0.3 is 14.5 Å². The van der Waals surface area contributed by atoms with Crippen molar-refractivity contribution in [1.29, 1.82) is 0 Å². The first kappa shape index (κ1) is 17.7. The summed E-state index contributed by atoms with van der Waals surface area (Å²) < 4.78 is 24.2. The number of hydrogen-bond acceptors (Lipinski definition) is 4. The number of nitrogens with zero attached hydrogens (tertiary/aromatic N) is 1. The zero-order valence-electron chi connectivity index (χ0n) is 14.8. The van der Waals surface area contributed by atoms with E-state index in [4.69, 9.17) is 9.15 Å². The second-order valence-corrected chi connectivity index (χ2v) is 5.96. The fourth-order valence-electron chi connectivity index (χ4n) is 2.60. The van der Waals surface area contributed by atoms with Crippen LogP contribution in [0.3, 0.4) is 0 Å². The molecular weight excluding hydrogens is 335 g/mol. The van der Waals surface area contributed by atoms with E-state index >= 15 is 0 Å². The molecule has 0 saturated heterocycles. The maximum Gasteiger partial charge on any atom is 0.230 e. The molecule has 0 atom stereocenters. The van der Waals surface area contributed by atoms with Crippen LogP contribution in [-0.2, 0) is 11.2 Å². The molecule has 0 bridgehead atoms. The van der Waals surface area contributed by atoms with Crippen LogP contribution in [0.15, 0.2) is 46.9 Å². The number of halogens is 1. The van der Waals surface area contributed by atoms with E-state index in [2.05, 4.69) is 10.3 Å². The Hall–Kier alpha value is -3.15. The molecule has 0 saturated carbocycles. The highest BCUT2D eigenvalue weighted by Crippen LogP contribution is 2.26. The Labute approximate surface area is 150 Å². The number of rotatable bonds is 5. The second kappa shape index (κ2) is 7.39. The third-order valence-corrected chi connectivity index (χ3v) is 3.92. The fourth-order valence-corrected chi connectivity index (χ4v) is 2.60. The minimum absolute atomic E-state index is 0.0434. The van der Waals surface area contributed by atoms with Gasteiger partial charge in [-0.2, -0.15) is 0 Å². The minimum atomic E-state index is -0.371. The van der Waals surface area contributed by atoms with Crippen molar-refractivity contribution in [1.82, 2.24) is 4.98 Å². The molecule has 0 fully saturated rings. The normalized spacial score (nSPS) is 10.6. The van der Waals surface area contributed by atoms with Gasteiger partial charge in [0.15, 0.2) is 0 Å². The summed E-state index contributed by atoms with van der Waals surface area (Å²) in [6.07, 6.45) is 0.0434. The van der Waals surface area contributed by atoms with E-state index in [0.717, 1.165) is 5.56 Å². The topological polar surface area (TPSA) is 64.4 Å². The van der Waals surface area contributed by atoms with Gasteiger partial charge in [0.1, 0.15) is 17.3 Å². The third-order valence-electron chi connectivity index (χ3n) is 3.92. The predicted molar refractivity (Wildman–Crippen MR) is 96.7 cm³/mol. The molecule has 1 aromatic heterocycles. The number of aryl methyl sites for hydroxylation is 2. The van der Waals surface area contributed by atoms with Gasteiger partial charge in [-0.25, -0.2) is 9.37 Å². The lowest BCUT2D eigenvalue weighted by molar-refractivity contribution is -0.115. The monoisotopic (exact) mass is 354 g/mol. The number of hydrogen-bond donors (Lipinski definition) is 1. The van der Waals surface area contributed by atoms with Crippen molar-refractivity contribution in [3.05, 3.63) is 65.3 Å².